The SMILES string of the molecule is Cc1c(-c2ccccc2)sc2ncn(Cc3ccc4c(c3)OCO4)c(=O)c12. The molecule has 0 aliphatic carbocycles. The summed E-state index contributed by atoms with van der Waals surface area (Å²) in [6.07, 6.45) is 1.62. The van der Waals surface area contributed by atoms with Gasteiger partial charge < -0.3 is 9.47 Å². The average molecular weight is 376 g/mol. The Labute approximate surface area is 159 Å². The predicted molar refractivity (Wildman–Crippen MR) is 106 cm³/mol. The summed E-state index contributed by atoms with van der Waals surface area (Å²) in [5, 5.41) is 0.696. The second-order valence-corrected chi connectivity index (χ2v) is 7.47. The van der Waals surface area contributed by atoms with Crippen molar-refractivity contribution in [3.05, 3.63) is 76.3 Å². The molecular formula is C21H16N2O3S. The monoisotopic (exact) mass is 376 g/mol. The minimum atomic E-state index is -0.0198. The highest BCUT2D eigenvalue weighted by Crippen LogP contribution is 2.36. The zero-order valence-corrected chi connectivity index (χ0v) is 15.5. The molecule has 0 radical (unpaired) electrons. The van der Waals surface area contributed by atoms with Gasteiger partial charge in [0.1, 0.15) is 4.83 Å². The molecule has 2 aromatic heterocycles. The first kappa shape index (κ1) is 16.1. The number of thiophene rings is 1. The van der Waals surface area contributed by atoms with Crippen LogP contribution in [-0.2, 0) is 6.54 Å². The molecule has 5 rings (SSSR count). The number of fused-ring (bicyclic) bond motifs is 2. The molecule has 3 heterocycles. The lowest BCUT2D eigenvalue weighted by molar-refractivity contribution is 0.174. The van der Waals surface area contributed by atoms with Gasteiger partial charge in [-0.15, -0.1) is 11.3 Å². The Morgan fingerprint density at radius 1 is 1.11 bits per heavy atom. The van der Waals surface area contributed by atoms with E-state index in [0.29, 0.717) is 17.7 Å². The van der Waals surface area contributed by atoms with Crippen molar-refractivity contribution in [3.63, 3.8) is 0 Å². The van der Waals surface area contributed by atoms with Crippen LogP contribution in [0.4, 0.5) is 0 Å². The first-order valence-electron chi connectivity index (χ1n) is 8.63. The van der Waals surface area contributed by atoms with E-state index in [-0.39, 0.29) is 12.4 Å². The van der Waals surface area contributed by atoms with Gasteiger partial charge in [-0.3, -0.25) is 9.36 Å². The molecule has 0 N–H and O–H groups in total. The number of aryl methyl sites for hydroxylation is 1. The molecule has 134 valence electrons. The molecule has 0 fully saturated rings. The summed E-state index contributed by atoms with van der Waals surface area (Å²) in [6.45, 7) is 2.67. The van der Waals surface area contributed by atoms with Crippen LogP contribution in [0.2, 0.25) is 0 Å². The molecule has 0 unspecified atom stereocenters. The Balaban J connectivity index is 1.57. The maximum Gasteiger partial charge on any atom is 0.262 e. The van der Waals surface area contributed by atoms with E-state index in [1.54, 1.807) is 22.2 Å². The normalized spacial score (nSPS) is 12.6. The molecule has 0 saturated heterocycles. The molecule has 6 heteroatoms. The smallest absolute Gasteiger partial charge is 0.262 e. The largest absolute Gasteiger partial charge is 0.454 e. The van der Waals surface area contributed by atoms with Gasteiger partial charge in [-0.1, -0.05) is 36.4 Å². The van der Waals surface area contributed by atoms with Crippen LogP contribution in [0.25, 0.3) is 20.7 Å². The van der Waals surface area contributed by atoms with Crippen molar-refractivity contribution >= 4 is 21.6 Å². The molecular weight excluding hydrogens is 360 g/mol. The maximum atomic E-state index is 13.1. The summed E-state index contributed by atoms with van der Waals surface area (Å²) in [6, 6.07) is 15.8. The Kier molecular flexibility index (Phi) is 3.72. The van der Waals surface area contributed by atoms with Crippen molar-refractivity contribution in [3.8, 4) is 21.9 Å². The van der Waals surface area contributed by atoms with Gasteiger partial charge in [0.25, 0.3) is 5.56 Å². The number of rotatable bonds is 3. The molecule has 1 aliphatic heterocycles. The maximum absolute atomic E-state index is 13.1. The van der Waals surface area contributed by atoms with Crippen molar-refractivity contribution in [1.29, 1.82) is 0 Å². The highest BCUT2D eigenvalue weighted by atomic mass is 32.1. The van der Waals surface area contributed by atoms with E-state index in [0.717, 1.165) is 32.1 Å². The Morgan fingerprint density at radius 3 is 2.78 bits per heavy atom. The van der Waals surface area contributed by atoms with Gasteiger partial charge in [0.05, 0.1) is 18.3 Å². The Morgan fingerprint density at radius 2 is 1.93 bits per heavy atom. The van der Waals surface area contributed by atoms with Crippen molar-refractivity contribution in [2.24, 2.45) is 0 Å². The lowest BCUT2D eigenvalue weighted by Crippen LogP contribution is -2.21. The molecule has 5 nitrogen and oxygen atoms in total. The minimum absolute atomic E-state index is 0.0198. The quantitative estimate of drug-likeness (QED) is 0.537. The van der Waals surface area contributed by atoms with E-state index in [1.807, 2.05) is 43.3 Å². The molecule has 4 aromatic rings. The second-order valence-electron chi connectivity index (χ2n) is 6.47. The molecule has 1 aliphatic rings. The standard InChI is InChI=1S/C21H16N2O3S/c1-13-18-20(27-19(13)15-5-3-2-4-6-15)22-11-23(21(18)24)10-14-7-8-16-17(9-14)26-12-25-16/h2-9,11H,10,12H2,1H3. The third-order valence-corrected chi connectivity index (χ3v) is 5.99. The Bertz CT molecular complexity index is 1210. The van der Waals surface area contributed by atoms with Gasteiger partial charge in [0.2, 0.25) is 6.79 Å². The fourth-order valence-electron chi connectivity index (χ4n) is 3.37. The van der Waals surface area contributed by atoms with Crippen LogP contribution in [0.5, 0.6) is 11.5 Å². The first-order valence-corrected chi connectivity index (χ1v) is 9.45. The topological polar surface area (TPSA) is 53.4 Å². The first-order chi connectivity index (χ1) is 13.2. The lowest BCUT2D eigenvalue weighted by atomic mass is 10.1. The second kappa shape index (κ2) is 6.25. The summed E-state index contributed by atoms with van der Waals surface area (Å²) < 4.78 is 12.4. The molecule has 0 saturated carbocycles. The number of aromatic nitrogens is 2. The van der Waals surface area contributed by atoms with E-state index in [9.17, 15) is 4.79 Å². The fourth-order valence-corrected chi connectivity index (χ4v) is 4.52. The van der Waals surface area contributed by atoms with Gasteiger partial charge in [0, 0.05) is 4.88 Å². The molecule has 27 heavy (non-hydrogen) atoms. The van der Waals surface area contributed by atoms with E-state index in [2.05, 4.69) is 17.1 Å². The van der Waals surface area contributed by atoms with Crippen LogP contribution in [-0.4, -0.2) is 16.3 Å². The molecule has 0 atom stereocenters. The van der Waals surface area contributed by atoms with Gasteiger partial charge in [-0.25, -0.2) is 4.98 Å². The van der Waals surface area contributed by atoms with Crippen molar-refractivity contribution in [2.45, 2.75) is 13.5 Å². The molecule has 0 amide bonds. The summed E-state index contributed by atoms with van der Waals surface area (Å²) in [4.78, 5) is 19.5. The summed E-state index contributed by atoms with van der Waals surface area (Å²) >= 11 is 1.56. The van der Waals surface area contributed by atoms with Crippen LogP contribution < -0.4 is 15.0 Å². The predicted octanol–water partition coefficient (Wildman–Crippen LogP) is 4.21. The fraction of sp³-hybridized carbons (Fsp3) is 0.143. The molecule has 2 aromatic carbocycles. The highest BCUT2D eigenvalue weighted by molar-refractivity contribution is 7.22. The minimum Gasteiger partial charge on any atom is -0.454 e. The van der Waals surface area contributed by atoms with Crippen LogP contribution >= 0.6 is 11.3 Å². The van der Waals surface area contributed by atoms with Crippen LogP contribution in [0.3, 0.4) is 0 Å². The zero-order valence-electron chi connectivity index (χ0n) is 14.6. The summed E-state index contributed by atoms with van der Waals surface area (Å²) in [7, 11) is 0. The Hall–Kier alpha value is -3.12. The van der Waals surface area contributed by atoms with Gasteiger partial charge in [0.15, 0.2) is 11.5 Å². The van der Waals surface area contributed by atoms with Crippen LogP contribution in [0.15, 0.2) is 59.7 Å². The van der Waals surface area contributed by atoms with Crippen LogP contribution in [0.1, 0.15) is 11.1 Å². The number of hydrogen-bond acceptors (Lipinski definition) is 5. The number of hydrogen-bond donors (Lipinski definition) is 0. The third kappa shape index (κ3) is 2.69. The average Bonchev–Trinajstić information content (AvgIpc) is 3.29. The van der Waals surface area contributed by atoms with Crippen molar-refractivity contribution in [2.75, 3.05) is 6.79 Å². The van der Waals surface area contributed by atoms with E-state index >= 15 is 0 Å². The van der Waals surface area contributed by atoms with Crippen LogP contribution in [0, 0.1) is 6.92 Å². The third-order valence-electron chi connectivity index (χ3n) is 4.74. The highest BCUT2D eigenvalue weighted by Gasteiger charge is 2.17. The van der Waals surface area contributed by atoms with Gasteiger partial charge >= 0.3 is 0 Å². The zero-order chi connectivity index (χ0) is 18.4. The number of benzene rings is 2. The van der Waals surface area contributed by atoms with Gasteiger partial charge in [-0.05, 0) is 35.7 Å². The van der Waals surface area contributed by atoms with E-state index in [1.165, 1.54) is 0 Å². The van der Waals surface area contributed by atoms with E-state index in [4.69, 9.17) is 9.47 Å². The summed E-state index contributed by atoms with van der Waals surface area (Å²) in [5.41, 5.74) is 3.05. The molecule has 0 spiro atoms. The van der Waals surface area contributed by atoms with Crippen molar-refractivity contribution in [1.82, 2.24) is 9.55 Å². The number of nitrogens with zero attached hydrogens (tertiary/aromatic N) is 2. The molecule has 0 bridgehead atoms. The van der Waals surface area contributed by atoms with Crippen molar-refractivity contribution < 1.29 is 9.47 Å². The lowest BCUT2D eigenvalue weighted by Gasteiger charge is -2.07. The number of ether oxygens (including phenoxy) is 2. The summed E-state index contributed by atoms with van der Waals surface area (Å²) in [5.74, 6) is 1.45. The van der Waals surface area contributed by atoms with Gasteiger partial charge in [-0.2, -0.15) is 0 Å². The van der Waals surface area contributed by atoms with E-state index < -0.39 is 0 Å².